The molecule has 0 nitrogen and oxygen atoms in total. The molecule has 0 bridgehead atoms. The zero-order chi connectivity index (χ0) is 11.3. The smallest absolute Gasteiger partial charge is 0.0201 e. The van der Waals surface area contributed by atoms with Gasteiger partial charge in [-0.05, 0) is 43.4 Å². The van der Waals surface area contributed by atoms with Crippen LogP contribution in [0.3, 0.4) is 0 Å². The van der Waals surface area contributed by atoms with Gasteiger partial charge in [0.15, 0.2) is 0 Å². The van der Waals surface area contributed by atoms with Crippen LogP contribution in [0, 0.1) is 11.3 Å². The highest BCUT2D eigenvalue weighted by Gasteiger charge is 2.31. The van der Waals surface area contributed by atoms with E-state index in [9.17, 15) is 0 Å². The molecule has 1 aliphatic rings. The van der Waals surface area contributed by atoms with Crippen LogP contribution in [0.4, 0.5) is 0 Å². The predicted octanol–water partition coefficient (Wildman–Crippen LogP) is 5.34. The molecule has 1 saturated carbocycles. The van der Waals surface area contributed by atoms with Crippen molar-refractivity contribution in [2.75, 3.05) is 0 Å². The van der Waals surface area contributed by atoms with Gasteiger partial charge in [-0.1, -0.05) is 52.2 Å². The Balaban J connectivity index is 2.45. The second kappa shape index (κ2) is 5.72. The monoisotopic (exact) mass is 208 g/mol. The summed E-state index contributed by atoms with van der Waals surface area (Å²) >= 11 is 0. The molecule has 0 saturated heterocycles. The minimum Gasteiger partial charge on any atom is -0.0996 e. The summed E-state index contributed by atoms with van der Waals surface area (Å²) in [7, 11) is 0. The molecule has 0 N–H and O–H groups in total. The summed E-state index contributed by atoms with van der Waals surface area (Å²) in [6.45, 7) is 11.4. The highest BCUT2D eigenvalue weighted by Crippen LogP contribution is 2.44. The van der Waals surface area contributed by atoms with Crippen molar-refractivity contribution in [2.45, 2.75) is 72.1 Å². The maximum atomic E-state index is 4.32. The van der Waals surface area contributed by atoms with Crippen LogP contribution in [0.2, 0.25) is 0 Å². The van der Waals surface area contributed by atoms with Crippen molar-refractivity contribution in [1.82, 2.24) is 0 Å². The average molecular weight is 208 g/mol. The van der Waals surface area contributed by atoms with Gasteiger partial charge in [0.2, 0.25) is 0 Å². The van der Waals surface area contributed by atoms with Crippen molar-refractivity contribution in [2.24, 2.45) is 11.3 Å². The SMILES string of the molecule is C=C(CCCC)C1CCCC(C)(CC)C1. The van der Waals surface area contributed by atoms with Gasteiger partial charge in [0, 0.05) is 0 Å². The zero-order valence-corrected chi connectivity index (χ0v) is 10.9. The van der Waals surface area contributed by atoms with E-state index in [0.29, 0.717) is 5.41 Å². The van der Waals surface area contributed by atoms with Crippen molar-refractivity contribution in [3.63, 3.8) is 0 Å². The molecule has 0 heteroatoms. The van der Waals surface area contributed by atoms with E-state index in [1.54, 1.807) is 0 Å². The van der Waals surface area contributed by atoms with Crippen LogP contribution in [0.5, 0.6) is 0 Å². The molecule has 0 aromatic carbocycles. The summed E-state index contributed by atoms with van der Waals surface area (Å²) in [5, 5.41) is 0. The van der Waals surface area contributed by atoms with Crippen LogP contribution in [0.1, 0.15) is 72.1 Å². The predicted molar refractivity (Wildman–Crippen MR) is 69.0 cm³/mol. The first-order valence-electron chi connectivity index (χ1n) is 6.79. The van der Waals surface area contributed by atoms with E-state index in [2.05, 4.69) is 27.4 Å². The van der Waals surface area contributed by atoms with E-state index in [0.717, 1.165) is 5.92 Å². The van der Waals surface area contributed by atoms with Crippen molar-refractivity contribution in [3.8, 4) is 0 Å². The molecule has 0 aromatic rings. The Hall–Kier alpha value is -0.260. The fourth-order valence-corrected chi connectivity index (χ4v) is 2.85. The van der Waals surface area contributed by atoms with Gasteiger partial charge in [0.25, 0.3) is 0 Å². The van der Waals surface area contributed by atoms with Gasteiger partial charge in [-0.15, -0.1) is 0 Å². The molecule has 2 unspecified atom stereocenters. The standard InChI is InChI=1S/C15H28/c1-5-7-9-13(3)14-10-8-11-15(4,6-2)12-14/h14H,3,5-12H2,1-2,4H3. The first-order valence-corrected chi connectivity index (χ1v) is 6.79. The van der Waals surface area contributed by atoms with Crippen LogP contribution in [-0.2, 0) is 0 Å². The Morgan fingerprint density at radius 2 is 2.13 bits per heavy atom. The number of allylic oxidation sites excluding steroid dienone is 1. The highest BCUT2D eigenvalue weighted by atomic mass is 14.4. The lowest BCUT2D eigenvalue weighted by Gasteiger charge is -2.38. The molecular weight excluding hydrogens is 180 g/mol. The molecule has 1 aliphatic carbocycles. The Kier molecular flexibility index (Phi) is 4.89. The van der Waals surface area contributed by atoms with E-state index in [4.69, 9.17) is 0 Å². The van der Waals surface area contributed by atoms with Crippen LogP contribution < -0.4 is 0 Å². The molecule has 88 valence electrons. The third-order valence-electron chi connectivity index (χ3n) is 4.35. The third kappa shape index (κ3) is 3.66. The summed E-state index contributed by atoms with van der Waals surface area (Å²) in [6.07, 6.45) is 10.9. The lowest BCUT2D eigenvalue weighted by Crippen LogP contribution is -2.25. The number of hydrogen-bond acceptors (Lipinski definition) is 0. The van der Waals surface area contributed by atoms with Gasteiger partial charge in [-0.25, -0.2) is 0 Å². The van der Waals surface area contributed by atoms with E-state index in [1.807, 2.05) is 0 Å². The lowest BCUT2D eigenvalue weighted by atomic mass is 9.67. The molecule has 0 aromatic heterocycles. The molecule has 0 radical (unpaired) electrons. The van der Waals surface area contributed by atoms with Crippen LogP contribution in [0.25, 0.3) is 0 Å². The molecular formula is C15H28. The quantitative estimate of drug-likeness (QED) is 0.535. The zero-order valence-electron chi connectivity index (χ0n) is 10.9. The first-order chi connectivity index (χ1) is 7.11. The summed E-state index contributed by atoms with van der Waals surface area (Å²) in [5.41, 5.74) is 2.15. The molecule has 0 heterocycles. The summed E-state index contributed by atoms with van der Waals surface area (Å²) in [5.74, 6) is 0.829. The van der Waals surface area contributed by atoms with Gasteiger partial charge in [0.05, 0.1) is 0 Å². The van der Waals surface area contributed by atoms with E-state index >= 15 is 0 Å². The van der Waals surface area contributed by atoms with E-state index in [1.165, 1.54) is 56.9 Å². The van der Waals surface area contributed by atoms with Crippen molar-refractivity contribution < 1.29 is 0 Å². The maximum absolute atomic E-state index is 4.32. The average Bonchev–Trinajstić information content (AvgIpc) is 2.26. The molecule has 15 heavy (non-hydrogen) atoms. The minimum absolute atomic E-state index is 0.609. The van der Waals surface area contributed by atoms with Gasteiger partial charge in [-0.2, -0.15) is 0 Å². The summed E-state index contributed by atoms with van der Waals surface area (Å²) < 4.78 is 0. The van der Waals surface area contributed by atoms with Crippen molar-refractivity contribution >= 4 is 0 Å². The fourth-order valence-electron chi connectivity index (χ4n) is 2.85. The number of rotatable bonds is 5. The van der Waals surface area contributed by atoms with E-state index < -0.39 is 0 Å². The van der Waals surface area contributed by atoms with Crippen LogP contribution >= 0.6 is 0 Å². The fraction of sp³-hybridized carbons (Fsp3) is 0.867. The lowest BCUT2D eigenvalue weighted by molar-refractivity contribution is 0.168. The van der Waals surface area contributed by atoms with Gasteiger partial charge < -0.3 is 0 Å². The second-order valence-corrected chi connectivity index (χ2v) is 5.72. The van der Waals surface area contributed by atoms with Crippen molar-refractivity contribution in [3.05, 3.63) is 12.2 Å². The number of unbranched alkanes of at least 4 members (excludes halogenated alkanes) is 1. The maximum Gasteiger partial charge on any atom is -0.0201 e. The largest absolute Gasteiger partial charge is 0.0996 e. The second-order valence-electron chi connectivity index (χ2n) is 5.72. The molecule has 2 atom stereocenters. The first kappa shape index (κ1) is 12.8. The Morgan fingerprint density at radius 3 is 2.73 bits per heavy atom. The van der Waals surface area contributed by atoms with Gasteiger partial charge in [-0.3, -0.25) is 0 Å². The van der Waals surface area contributed by atoms with Gasteiger partial charge in [0.1, 0.15) is 0 Å². The molecule has 0 spiro atoms. The minimum atomic E-state index is 0.609. The Bertz CT molecular complexity index is 204. The van der Waals surface area contributed by atoms with Gasteiger partial charge >= 0.3 is 0 Å². The van der Waals surface area contributed by atoms with Crippen LogP contribution in [-0.4, -0.2) is 0 Å². The summed E-state index contributed by atoms with van der Waals surface area (Å²) in [6, 6.07) is 0. The normalized spacial score (nSPS) is 31.5. The molecule has 0 amide bonds. The number of hydrogen-bond donors (Lipinski definition) is 0. The van der Waals surface area contributed by atoms with Crippen LogP contribution in [0.15, 0.2) is 12.2 Å². The molecule has 1 fully saturated rings. The highest BCUT2D eigenvalue weighted by molar-refractivity contribution is 5.04. The van der Waals surface area contributed by atoms with Crippen molar-refractivity contribution in [1.29, 1.82) is 0 Å². The summed E-state index contributed by atoms with van der Waals surface area (Å²) in [4.78, 5) is 0. The van der Waals surface area contributed by atoms with E-state index in [-0.39, 0.29) is 0 Å². The third-order valence-corrected chi connectivity index (χ3v) is 4.35. The topological polar surface area (TPSA) is 0 Å². The Morgan fingerprint density at radius 1 is 1.40 bits per heavy atom. The Labute approximate surface area is 96.2 Å². The molecule has 1 rings (SSSR count). The molecule has 0 aliphatic heterocycles.